The molecular formula is C9H18ClNO4S3. The van der Waals surface area contributed by atoms with Gasteiger partial charge in [-0.05, 0) is 6.42 Å². The van der Waals surface area contributed by atoms with Gasteiger partial charge in [0.25, 0.3) is 0 Å². The lowest BCUT2D eigenvalue weighted by Crippen LogP contribution is -2.51. The second-order valence-electron chi connectivity index (χ2n) is 3.95. The molecule has 1 atom stereocenters. The molecule has 1 unspecified atom stereocenters. The van der Waals surface area contributed by atoms with Crippen LogP contribution in [0.3, 0.4) is 0 Å². The van der Waals surface area contributed by atoms with Crippen LogP contribution in [0, 0.1) is 0 Å². The molecular weight excluding hydrogens is 318 g/mol. The van der Waals surface area contributed by atoms with Crippen molar-refractivity contribution in [2.45, 2.75) is 18.7 Å². The maximum Gasteiger partial charge on any atom is 0.215 e. The summed E-state index contributed by atoms with van der Waals surface area (Å²) in [7, 11) is -6.92. The molecule has 1 heterocycles. The van der Waals surface area contributed by atoms with Gasteiger partial charge in [-0.2, -0.15) is 16.1 Å². The third-order valence-corrected chi connectivity index (χ3v) is 8.39. The summed E-state index contributed by atoms with van der Waals surface area (Å²) in [5.74, 6) is 1.08. The van der Waals surface area contributed by atoms with E-state index in [1.54, 1.807) is 0 Å². The van der Waals surface area contributed by atoms with Crippen molar-refractivity contribution < 1.29 is 16.8 Å². The van der Waals surface area contributed by atoms with Crippen LogP contribution in [0.15, 0.2) is 0 Å². The highest BCUT2D eigenvalue weighted by atomic mass is 35.5. The summed E-state index contributed by atoms with van der Waals surface area (Å²) in [5, 5.41) is -0.915. The normalized spacial score (nSPS) is 23.1. The van der Waals surface area contributed by atoms with Gasteiger partial charge in [0.15, 0.2) is 9.84 Å². The fraction of sp³-hybridized carbons (Fsp3) is 1.00. The van der Waals surface area contributed by atoms with Crippen molar-refractivity contribution >= 4 is 43.2 Å². The van der Waals surface area contributed by atoms with Gasteiger partial charge in [-0.3, -0.25) is 0 Å². The second kappa shape index (κ2) is 6.78. The lowest BCUT2D eigenvalue weighted by molar-refractivity contribution is 0.403. The molecule has 0 aromatic heterocycles. The Morgan fingerprint density at radius 2 is 2.00 bits per heavy atom. The largest absolute Gasteiger partial charge is 0.227 e. The van der Waals surface area contributed by atoms with Crippen LogP contribution >= 0.6 is 23.4 Å². The standard InChI is InChI=1S/C9H18ClNO4S3/c1-2-17(12,13)9-8-16-6-5-11(9)18(14,15)7-3-4-10/h9H,2-8H2,1H3. The summed E-state index contributed by atoms with van der Waals surface area (Å²) in [4.78, 5) is 0. The maximum absolute atomic E-state index is 12.1. The third-order valence-electron chi connectivity index (χ3n) is 2.75. The Bertz CT molecular complexity index is 462. The average molecular weight is 336 g/mol. The predicted octanol–water partition coefficient (Wildman–Crippen LogP) is 0.755. The Labute approximate surface area is 118 Å². The fourth-order valence-corrected chi connectivity index (χ4v) is 7.39. The molecule has 1 aliphatic heterocycles. The lowest BCUT2D eigenvalue weighted by Gasteiger charge is -2.33. The van der Waals surface area contributed by atoms with E-state index >= 15 is 0 Å². The quantitative estimate of drug-likeness (QED) is 0.670. The van der Waals surface area contributed by atoms with E-state index < -0.39 is 25.2 Å². The highest BCUT2D eigenvalue weighted by molar-refractivity contribution is 8.01. The first-order chi connectivity index (χ1) is 8.35. The monoisotopic (exact) mass is 335 g/mol. The van der Waals surface area contributed by atoms with Gasteiger partial charge in [-0.1, -0.05) is 6.92 Å². The number of sulfone groups is 1. The van der Waals surface area contributed by atoms with Gasteiger partial charge in [0.05, 0.1) is 5.75 Å². The highest BCUT2D eigenvalue weighted by Crippen LogP contribution is 2.24. The molecule has 0 aromatic carbocycles. The molecule has 0 spiro atoms. The molecule has 0 radical (unpaired) electrons. The number of alkyl halides is 1. The zero-order chi connectivity index (χ0) is 13.8. The average Bonchev–Trinajstić information content (AvgIpc) is 2.36. The number of nitrogens with zero attached hydrogens (tertiary/aromatic N) is 1. The number of rotatable bonds is 6. The predicted molar refractivity (Wildman–Crippen MR) is 76.4 cm³/mol. The van der Waals surface area contributed by atoms with Gasteiger partial charge in [0.1, 0.15) is 5.37 Å². The maximum atomic E-state index is 12.1. The summed E-state index contributed by atoms with van der Waals surface area (Å²) < 4.78 is 49.2. The van der Waals surface area contributed by atoms with E-state index in [1.165, 1.54) is 18.7 Å². The van der Waals surface area contributed by atoms with Crippen LogP contribution in [0.2, 0.25) is 0 Å². The van der Waals surface area contributed by atoms with Crippen molar-refractivity contribution in [2.75, 3.05) is 35.4 Å². The molecule has 0 aliphatic carbocycles. The minimum atomic E-state index is -3.53. The summed E-state index contributed by atoms with van der Waals surface area (Å²) in [6.45, 7) is 1.80. The van der Waals surface area contributed by atoms with Crippen LogP contribution < -0.4 is 0 Å². The first kappa shape index (κ1) is 16.6. The molecule has 0 aromatic rings. The minimum absolute atomic E-state index is 0.0419. The highest BCUT2D eigenvalue weighted by Gasteiger charge is 2.39. The molecule has 0 saturated carbocycles. The first-order valence-electron chi connectivity index (χ1n) is 5.70. The van der Waals surface area contributed by atoms with Gasteiger partial charge in [0, 0.05) is 29.7 Å². The number of sulfonamides is 1. The number of thioether (sulfide) groups is 1. The van der Waals surface area contributed by atoms with Crippen LogP contribution in [0.5, 0.6) is 0 Å². The van der Waals surface area contributed by atoms with Crippen molar-refractivity contribution in [3.63, 3.8) is 0 Å². The van der Waals surface area contributed by atoms with Gasteiger partial charge >= 0.3 is 0 Å². The Kier molecular flexibility index (Phi) is 6.24. The molecule has 18 heavy (non-hydrogen) atoms. The number of hydrogen-bond donors (Lipinski definition) is 0. The SMILES string of the molecule is CCS(=O)(=O)C1CSCCN1S(=O)(=O)CCCCl. The molecule has 0 amide bonds. The van der Waals surface area contributed by atoms with E-state index in [2.05, 4.69) is 0 Å². The smallest absolute Gasteiger partial charge is 0.215 e. The number of hydrogen-bond acceptors (Lipinski definition) is 5. The summed E-state index contributed by atoms with van der Waals surface area (Å²) >= 11 is 6.97. The van der Waals surface area contributed by atoms with Crippen molar-refractivity contribution in [3.8, 4) is 0 Å². The van der Waals surface area contributed by atoms with Crippen LogP contribution in [0.25, 0.3) is 0 Å². The van der Waals surface area contributed by atoms with Crippen molar-refractivity contribution in [1.29, 1.82) is 0 Å². The van der Waals surface area contributed by atoms with Crippen molar-refractivity contribution in [1.82, 2.24) is 4.31 Å². The second-order valence-corrected chi connectivity index (χ2v) is 9.97. The molecule has 108 valence electrons. The van der Waals surface area contributed by atoms with E-state index in [0.717, 1.165) is 4.31 Å². The molecule has 0 N–H and O–H groups in total. The molecule has 1 rings (SSSR count). The molecule has 1 saturated heterocycles. The zero-order valence-electron chi connectivity index (χ0n) is 10.2. The summed E-state index contributed by atoms with van der Waals surface area (Å²) in [6, 6.07) is 0. The Morgan fingerprint density at radius 1 is 1.33 bits per heavy atom. The minimum Gasteiger partial charge on any atom is -0.227 e. The van der Waals surface area contributed by atoms with E-state index in [-0.39, 0.29) is 23.9 Å². The lowest BCUT2D eigenvalue weighted by atomic mass is 10.6. The van der Waals surface area contributed by atoms with Gasteiger partial charge in [-0.15, -0.1) is 11.6 Å². The first-order valence-corrected chi connectivity index (χ1v) is 10.7. The van der Waals surface area contributed by atoms with Gasteiger partial charge < -0.3 is 0 Å². The topological polar surface area (TPSA) is 71.5 Å². The Morgan fingerprint density at radius 3 is 2.56 bits per heavy atom. The van der Waals surface area contributed by atoms with Gasteiger partial charge in [-0.25, -0.2) is 16.8 Å². The summed E-state index contributed by atoms with van der Waals surface area (Å²) in [6.07, 6.45) is 0.340. The van der Waals surface area contributed by atoms with E-state index in [0.29, 0.717) is 17.9 Å². The van der Waals surface area contributed by atoms with E-state index in [1.807, 2.05) is 0 Å². The molecule has 1 fully saturated rings. The zero-order valence-corrected chi connectivity index (χ0v) is 13.4. The molecule has 5 nitrogen and oxygen atoms in total. The van der Waals surface area contributed by atoms with E-state index in [9.17, 15) is 16.8 Å². The van der Waals surface area contributed by atoms with Crippen molar-refractivity contribution in [3.05, 3.63) is 0 Å². The Balaban J connectivity index is 2.96. The van der Waals surface area contributed by atoms with Crippen molar-refractivity contribution in [2.24, 2.45) is 0 Å². The summed E-state index contributed by atoms with van der Waals surface area (Å²) in [5.41, 5.74) is 0. The van der Waals surface area contributed by atoms with Crippen LogP contribution in [-0.4, -0.2) is 62.0 Å². The van der Waals surface area contributed by atoms with Crippen LogP contribution in [0.1, 0.15) is 13.3 Å². The fourth-order valence-electron chi connectivity index (χ4n) is 1.71. The third kappa shape index (κ3) is 4.00. The van der Waals surface area contributed by atoms with Gasteiger partial charge in [0.2, 0.25) is 10.0 Å². The molecule has 1 aliphatic rings. The van der Waals surface area contributed by atoms with Crippen LogP contribution in [0.4, 0.5) is 0 Å². The van der Waals surface area contributed by atoms with Crippen LogP contribution in [-0.2, 0) is 19.9 Å². The number of halogens is 1. The Hall–Kier alpha value is 0.500. The van der Waals surface area contributed by atoms with E-state index in [4.69, 9.17) is 11.6 Å². The molecule has 9 heteroatoms. The molecule has 0 bridgehead atoms.